The zero-order valence-electron chi connectivity index (χ0n) is 69.5. The number of ketones is 1. The molecular weight excluding hydrogens is 1590 g/mol. The molecule has 2 heterocycles. The van der Waals surface area contributed by atoms with Crippen molar-refractivity contribution in [3.05, 3.63) is 65.7 Å². The summed E-state index contributed by atoms with van der Waals surface area (Å²) in [6, 6.07) is -8.90. The fourth-order valence-corrected chi connectivity index (χ4v) is 13.7. The number of anilines is 1. The summed E-state index contributed by atoms with van der Waals surface area (Å²) in [6.07, 6.45) is -7.24. The Morgan fingerprint density at radius 1 is 0.692 bits per heavy atom. The molecule has 120 heavy (non-hydrogen) atoms. The predicted octanol–water partition coefficient (Wildman–Crippen LogP) is -8.37. The number of nitrogens with two attached hydrogens (primary N) is 5. The van der Waals surface area contributed by atoms with E-state index in [1.54, 1.807) is 65.0 Å². The zero-order chi connectivity index (χ0) is 90.8. The van der Waals surface area contributed by atoms with E-state index in [0.29, 0.717) is 28.2 Å². The van der Waals surface area contributed by atoms with Gasteiger partial charge in [0.15, 0.2) is 5.78 Å². The minimum absolute atomic E-state index is 0.0159. The van der Waals surface area contributed by atoms with Crippen LogP contribution in [-0.2, 0) is 103 Å². The first-order valence-electron chi connectivity index (χ1n) is 38.7. The first-order valence-corrected chi connectivity index (χ1v) is 40.3. The van der Waals surface area contributed by atoms with Gasteiger partial charge in [-0.2, -0.15) is 0 Å². The highest BCUT2D eigenvalue weighted by Crippen LogP contribution is 2.27. The summed E-state index contributed by atoms with van der Waals surface area (Å²) in [5, 5.41) is 37.3. The number of likely N-dealkylation sites (tertiary alicyclic amines) is 1. The van der Waals surface area contributed by atoms with E-state index in [1.807, 2.05) is 0 Å². The molecule has 0 radical (unpaired) electrons. The number of primary amides is 2. The van der Waals surface area contributed by atoms with Gasteiger partial charge in [0.1, 0.15) is 91.2 Å². The average Bonchev–Trinajstić information content (AvgIpc) is 1.67. The summed E-state index contributed by atoms with van der Waals surface area (Å²) < 4.78 is 44.3. The molecule has 2 aromatic rings. The summed E-state index contributed by atoms with van der Waals surface area (Å²) >= 11 is 0. The molecule has 2 aromatic carbocycles. The summed E-state index contributed by atoms with van der Waals surface area (Å²) in [5.74, 6) is -22.2. The Bertz CT molecular complexity index is 4230. The van der Waals surface area contributed by atoms with Gasteiger partial charge in [0.2, 0.25) is 95.0 Å². The van der Waals surface area contributed by atoms with E-state index in [4.69, 9.17) is 33.4 Å². The van der Waals surface area contributed by atoms with Gasteiger partial charge in [-0.25, -0.2) is 8.42 Å². The van der Waals surface area contributed by atoms with Crippen molar-refractivity contribution in [2.75, 3.05) is 45.2 Å². The molecule has 43 nitrogen and oxygen atoms in total. The van der Waals surface area contributed by atoms with Crippen molar-refractivity contribution in [2.45, 2.75) is 231 Å². The first kappa shape index (κ1) is 100. The fourth-order valence-electron chi connectivity index (χ4n) is 13.0. The number of carbonyl (C=O) groups is 18. The van der Waals surface area contributed by atoms with Crippen molar-refractivity contribution >= 4 is 129 Å². The SMILES string of the molecule is CC(C)C[C@H]1NC(=O)[C@H](CCC(N)=O)N(C)C(=O)C(NC(=O)[C@@H](CS(=O)(=O)[O-])NC(=O)[C@H](CCC[NH+]=C(N)N)NC(=O)[C@@H](CC(=O)c2ccccc2N)NC(=O)C(NC(=O)C(NC(=O)[C@@H]2CCCN2C(=O)[C@H](Cc2ccccc2)NC(=O)[C@@H](C)NC=O)C(C)(C)C)C(C)(C)C)[C@@H](C)OC(=O)CN(C)C(=O)[C@H](CC(N)=O)NC(=O)[C@H]([C@@H](C)O)NC1=O. The number of nitrogens with zero attached hydrogens (tertiary/aromatic N) is 3. The van der Waals surface area contributed by atoms with E-state index >= 15 is 14.4 Å². The number of aliphatic hydroxyl groups excluding tert-OH is 1. The predicted molar refractivity (Wildman–Crippen MR) is 428 cm³/mol. The number of nitrogen functional groups attached to an aromatic ring is 1. The second-order valence-electron chi connectivity index (χ2n) is 32.2. The summed E-state index contributed by atoms with van der Waals surface area (Å²) in [5.41, 5.74) is 26.3. The Labute approximate surface area is 694 Å². The van der Waals surface area contributed by atoms with Crippen LogP contribution >= 0.6 is 0 Å². The molecular formula is C76H116N20O23S. The minimum atomic E-state index is -5.72. The van der Waals surface area contributed by atoms with E-state index in [0.717, 1.165) is 27.9 Å². The van der Waals surface area contributed by atoms with Crippen molar-refractivity contribution in [3.8, 4) is 0 Å². The van der Waals surface area contributed by atoms with E-state index < -0.39 is 262 Å². The van der Waals surface area contributed by atoms with Crippen LogP contribution in [0, 0.1) is 16.7 Å². The van der Waals surface area contributed by atoms with Crippen LogP contribution in [0.25, 0.3) is 0 Å². The monoisotopic (exact) mass is 1710 g/mol. The van der Waals surface area contributed by atoms with Crippen LogP contribution in [0.1, 0.15) is 150 Å². The number of rotatable bonds is 36. The number of guanidine groups is 1. The fraction of sp³-hybridized carbons (Fsp3) is 0.592. The van der Waals surface area contributed by atoms with Gasteiger partial charge in [-0.3, -0.25) is 103 Å². The molecule has 2 aliphatic rings. The Balaban J connectivity index is 1.83. The van der Waals surface area contributed by atoms with Gasteiger partial charge < -0.3 is 105 Å². The number of para-hydroxylation sites is 1. The van der Waals surface area contributed by atoms with Crippen LogP contribution in [0.2, 0.25) is 0 Å². The number of aliphatic hydroxyl groups is 1. The number of hydrogen-bond acceptors (Lipinski definition) is 24. The Kier molecular flexibility index (Phi) is 37.9. The third kappa shape index (κ3) is 31.4. The van der Waals surface area contributed by atoms with Crippen LogP contribution < -0.4 is 92.1 Å². The van der Waals surface area contributed by atoms with Crippen molar-refractivity contribution in [2.24, 2.45) is 39.7 Å². The molecule has 664 valence electrons. The van der Waals surface area contributed by atoms with Crippen molar-refractivity contribution in [1.82, 2.24) is 73.2 Å². The van der Waals surface area contributed by atoms with Gasteiger partial charge in [0.25, 0.3) is 0 Å². The molecule has 4 rings (SSSR count). The molecule has 0 aromatic heterocycles. The van der Waals surface area contributed by atoms with Crippen LogP contribution in [-0.4, -0.2) is 276 Å². The van der Waals surface area contributed by atoms with Crippen LogP contribution in [0.5, 0.6) is 0 Å². The van der Waals surface area contributed by atoms with Crippen LogP contribution in [0.3, 0.4) is 0 Å². The number of likely N-dealkylation sites (N-methyl/N-ethyl adjacent to an activating group) is 2. The first-order chi connectivity index (χ1) is 55.8. The number of benzene rings is 2. The number of hydrogen-bond donors (Lipinski definition) is 18. The minimum Gasteiger partial charge on any atom is -0.748 e. The smallest absolute Gasteiger partial charge is 0.338 e. The molecule has 0 bridgehead atoms. The number of esters is 1. The Morgan fingerprint density at radius 3 is 1.82 bits per heavy atom. The molecule has 16 amide bonds. The van der Waals surface area contributed by atoms with Crippen molar-refractivity contribution in [1.29, 1.82) is 0 Å². The van der Waals surface area contributed by atoms with Crippen LogP contribution in [0.15, 0.2) is 54.6 Å². The van der Waals surface area contributed by atoms with Gasteiger partial charge in [0, 0.05) is 51.2 Å². The number of ether oxygens (including phenoxy) is 1. The number of amides is 16. The Morgan fingerprint density at radius 2 is 1.26 bits per heavy atom. The second-order valence-corrected chi connectivity index (χ2v) is 33.7. The molecule has 0 aliphatic carbocycles. The zero-order valence-corrected chi connectivity index (χ0v) is 70.3. The van der Waals surface area contributed by atoms with Gasteiger partial charge in [-0.1, -0.05) is 97.9 Å². The second kappa shape index (κ2) is 45.3. The van der Waals surface area contributed by atoms with Gasteiger partial charge in [-0.15, -0.1) is 0 Å². The number of cyclic esters (lactones) is 1. The lowest BCUT2D eigenvalue weighted by Crippen LogP contribution is -2.78. The maximum absolute atomic E-state index is 15.2. The maximum Gasteiger partial charge on any atom is 0.338 e. The highest BCUT2D eigenvalue weighted by molar-refractivity contribution is 7.85. The molecule has 0 saturated carbocycles. The number of nitrogens with one attached hydrogen (secondary N) is 12. The molecule has 2 saturated heterocycles. The van der Waals surface area contributed by atoms with Gasteiger partial charge in [-0.05, 0) is 93.7 Å². The van der Waals surface area contributed by atoms with E-state index in [9.17, 15) is 90.0 Å². The molecule has 3 unspecified atom stereocenters. The molecule has 2 fully saturated rings. The topological polar surface area (TPSA) is 680 Å². The molecule has 23 N–H and O–H groups in total. The van der Waals surface area contributed by atoms with E-state index in [-0.39, 0.29) is 56.0 Å². The summed E-state index contributed by atoms with van der Waals surface area (Å²) in [6.45, 7) is 14.8. The Hall–Kier alpha value is -12.0. The lowest BCUT2D eigenvalue weighted by Gasteiger charge is -2.37. The van der Waals surface area contributed by atoms with Gasteiger partial charge >= 0.3 is 11.9 Å². The highest BCUT2D eigenvalue weighted by atomic mass is 32.2. The van der Waals surface area contributed by atoms with Crippen LogP contribution in [0.4, 0.5) is 5.69 Å². The molecule has 15 atom stereocenters. The third-order valence-corrected chi connectivity index (χ3v) is 20.2. The van der Waals surface area contributed by atoms with E-state index in [2.05, 4.69) is 63.5 Å². The third-order valence-electron chi connectivity index (χ3n) is 19.5. The quantitative estimate of drug-likeness (QED) is 0.00440. The average molecular weight is 1710 g/mol. The lowest BCUT2D eigenvalue weighted by atomic mass is 9.83. The number of Topliss-reactive ketones (excluding diaryl/α,β-unsaturated/α-hetero) is 1. The highest BCUT2D eigenvalue weighted by Gasteiger charge is 2.46. The lowest BCUT2D eigenvalue weighted by molar-refractivity contribution is -0.459. The number of carbonyl (C=O) groups excluding carboxylic acids is 18. The molecule has 44 heteroatoms. The summed E-state index contributed by atoms with van der Waals surface area (Å²) in [7, 11) is -3.79. The van der Waals surface area contributed by atoms with Crippen molar-refractivity contribution < 1.29 is 114 Å². The van der Waals surface area contributed by atoms with Crippen molar-refractivity contribution in [3.63, 3.8) is 0 Å². The van der Waals surface area contributed by atoms with E-state index in [1.165, 1.54) is 56.9 Å². The van der Waals surface area contributed by atoms with Gasteiger partial charge in [0.05, 0.1) is 34.9 Å². The molecule has 0 spiro atoms. The normalized spacial score (nSPS) is 20.7. The molecule has 2 aliphatic heterocycles. The summed E-state index contributed by atoms with van der Waals surface area (Å²) in [4.78, 5) is 259. The largest absolute Gasteiger partial charge is 0.748 e. The standard InChI is InChI=1S/C76H116N20O23S/c1-38(2)31-46-64(106)90-57(40(4)98)68(110)88-49(34-55(79)101)71(113)94(12)35-56(102)119-41(5)58(73(115)95(13)51(66(108)85-46)27-28-54(78)100)91-65(107)50(36-120(116,117)118)89-62(104)45(25-19-29-82-74(80)81)84-63(105)47(33-53(99)43-23-17-18-24-44(43)77)86-69(111)59(75(6,7)8)93-70(112)60(76(9,10)11)92-67(109)52-26-20-30-96(52)72(114)48(32-42-21-15-14-16-22-42)87-61(103)39(3)83-37-97/h14-18,21-24,37-41,45-52,57-60,98H,19-20,25-36,77H2,1-13H3,(H2,78,100)(H2,79,101)(H,83,97)(H,84,105)(H,85,108)(H,86,111)(H,87,103)(H,88,110)(H,89,104)(H,90,106)(H,91,107)(H,92,109)(H,93,112)(H4,80,81,82)(H,116,117,118)/t39-,40-,41-,45+,46-,47-,48+,49+,50-,51+,52+,57+,58?,59?,60?/m1/s1. The maximum atomic E-state index is 15.2.